The summed E-state index contributed by atoms with van der Waals surface area (Å²) in [6.45, 7) is 5.46. The van der Waals surface area contributed by atoms with Crippen molar-refractivity contribution in [2.75, 3.05) is 13.2 Å². The molecule has 1 unspecified atom stereocenters. The third-order valence-electron chi connectivity index (χ3n) is 2.18. The molecule has 0 aliphatic heterocycles. The Kier molecular flexibility index (Phi) is 4.56. The van der Waals surface area contributed by atoms with E-state index in [1.165, 1.54) is 0 Å². The smallest absolute Gasteiger partial charge is 0.0600 e. The van der Waals surface area contributed by atoms with E-state index in [0.717, 1.165) is 24.3 Å². The van der Waals surface area contributed by atoms with Gasteiger partial charge in [0.2, 0.25) is 0 Å². The SMILES string of the molecule is CCOCCC(N)c1ncccc1C. The van der Waals surface area contributed by atoms with E-state index in [4.69, 9.17) is 10.5 Å². The lowest BCUT2D eigenvalue weighted by Gasteiger charge is -2.12. The van der Waals surface area contributed by atoms with Crippen LogP contribution in [0.15, 0.2) is 18.3 Å². The number of aryl methyl sites for hydroxylation is 1. The molecule has 14 heavy (non-hydrogen) atoms. The molecule has 0 radical (unpaired) electrons. The van der Waals surface area contributed by atoms with E-state index in [2.05, 4.69) is 4.98 Å². The average Bonchev–Trinajstić information content (AvgIpc) is 2.18. The van der Waals surface area contributed by atoms with E-state index in [1.807, 2.05) is 26.0 Å². The molecule has 3 nitrogen and oxygen atoms in total. The molecule has 3 heteroatoms. The summed E-state index contributed by atoms with van der Waals surface area (Å²) in [6.07, 6.45) is 2.61. The summed E-state index contributed by atoms with van der Waals surface area (Å²) in [7, 11) is 0. The highest BCUT2D eigenvalue weighted by Gasteiger charge is 2.09. The van der Waals surface area contributed by atoms with Crippen LogP contribution in [-0.4, -0.2) is 18.2 Å². The Morgan fingerprint density at radius 1 is 1.57 bits per heavy atom. The van der Waals surface area contributed by atoms with Crippen molar-refractivity contribution in [3.05, 3.63) is 29.6 Å². The van der Waals surface area contributed by atoms with Crippen molar-refractivity contribution in [1.29, 1.82) is 0 Å². The van der Waals surface area contributed by atoms with Crippen LogP contribution in [0.4, 0.5) is 0 Å². The highest BCUT2D eigenvalue weighted by atomic mass is 16.5. The van der Waals surface area contributed by atoms with Gasteiger partial charge in [0.05, 0.1) is 5.69 Å². The van der Waals surface area contributed by atoms with Gasteiger partial charge in [-0.1, -0.05) is 6.07 Å². The zero-order valence-electron chi connectivity index (χ0n) is 8.86. The molecule has 0 aliphatic carbocycles. The molecule has 78 valence electrons. The normalized spacial score (nSPS) is 12.8. The van der Waals surface area contributed by atoms with Crippen LogP contribution in [0.2, 0.25) is 0 Å². The predicted molar refractivity (Wildman–Crippen MR) is 57.0 cm³/mol. The summed E-state index contributed by atoms with van der Waals surface area (Å²) in [4.78, 5) is 4.28. The summed E-state index contributed by atoms with van der Waals surface area (Å²) in [6, 6.07) is 3.94. The summed E-state index contributed by atoms with van der Waals surface area (Å²) in [5, 5.41) is 0. The van der Waals surface area contributed by atoms with Gasteiger partial charge < -0.3 is 10.5 Å². The highest BCUT2D eigenvalue weighted by Crippen LogP contribution is 2.14. The lowest BCUT2D eigenvalue weighted by atomic mass is 10.1. The van der Waals surface area contributed by atoms with Gasteiger partial charge in [-0.2, -0.15) is 0 Å². The molecule has 1 heterocycles. The molecule has 0 bridgehead atoms. The fourth-order valence-corrected chi connectivity index (χ4v) is 1.38. The van der Waals surface area contributed by atoms with Crippen molar-refractivity contribution in [3.63, 3.8) is 0 Å². The van der Waals surface area contributed by atoms with Crippen LogP contribution in [0, 0.1) is 6.92 Å². The monoisotopic (exact) mass is 194 g/mol. The minimum absolute atomic E-state index is 0.0113. The van der Waals surface area contributed by atoms with Crippen LogP contribution in [0.3, 0.4) is 0 Å². The molecular formula is C11H18N2O. The first-order valence-corrected chi connectivity index (χ1v) is 5.00. The van der Waals surface area contributed by atoms with Crippen molar-refractivity contribution in [2.45, 2.75) is 26.3 Å². The zero-order chi connectivity index (χ0) is 10.4. The number of nitrogens with two attached hydrogens (primary N) is 1. The van der Waals surface area contributed by atoms with E-state index in [0.29, 0.717) is 6.61 Å². The number of hydrogen-bond donors (Lipinski definition) is 1. The number of nitrogens with zero attached hydrogens (tertiary/aromatic N) is 1. The standard InChI is InChI=1S/C11H18N2O/c1-3-14-8-6-10(12)11-9(2)5-4-7-13-11/h4-5,7,10H,3,6,8,12H2,1-2H3. The fourth-order valence-electron chi connectivity index (χ4n) is 1.38. The van der Waals surface area contributed by atoms with Gasteiger partial charge in [-0.3, -0.25) is 4.98 Å². The van der Waals surface area contributed by atoms with E-state index in [-0.39, 0.29) is 6.04 Å². The Morgan fingerprint density at radius 2 is 2.36 bits per heavy atom. The molecule has 0 aromatic carbocycles. The highest BCUT2D eigenvalue weighted by molar-refractivity contribution is 5.20. The number of rotatable bonds is 5. The summed E-state index contributed by atoms with van der Waals surface area (Å²) < 4.78 is 5.26. The third-order valence-corrected chi connectivity index (χ3v) is 2.18. The largest absolute Gasteiger partial charge is 0.382 e. The maximum absolute atomic E-state index is 5.99. The quantitative estimate of drug-likeness (QED) is 0.727. The molecule has 1 aromatic rings. The average molecular weight is 194 g/mol. The van der Waals surface area contributed by atoms with Gasteiger partial charge in [0.1, 0.15) is 0 Å². The van der Waals surface area contributed by atoms with Crippen LogP contribution < -0.4 is 5.73 Å². The van der Waals surface area contributed by atoms with Crippen LogP contribution >= 0.6 is 0 Å². The predicted octanol–water partition coefficient (Wildman–Crippen LogP) is 1.82. The molecule has 0 spiro atoms. The second-order valence-electron chi connectivity index (χ2n) is 3.30. The minimum atomic E-state index is -0.0113. The van der Waals surface area contributed by atoms with E-state index in [9.17, 15) is 0 Å². The lowest BCUT2D eigenvalue weighted by Crippen LogP contribution is -2.15. The van der Waals surface area contributed by atoms with Gasteiger partial charge in [0, 0.05) is 25.5 Å². The molecule has 0 saturated heterocycles. The maximum atomic E-state index is 5.99. The van der Waals surface area contributed by atoms with Crippen molar-refractivity contribution in [2.24, 2.45) is 5.73 Å². The molecule has 0 amide bonds. The first kappa shape index (κ1) is 11.1. The summed E-state index contributed by atoms with van der Waals surface area (Å²) in [5.74, 6) is 0. The van der Waals surface area contributed by atoms with Crippen LogP contribution in [0.25, 0.3) is 0 Å². The Balaban J connectivity index is 2.51. The van der Waals surface area contributed by atoms with E-state index < -0.39 is 0 Å². The van der Waals surface area contributed by atoms with Gasteiger partial charge >= 0.3 is 0 Å². The Morgan fingerprint density at radius 3 is 3.00 bits per heavy atom. The first-order chi connectivity index (χ1) is 6.75. The van der Waals surface area contributed by atoms with Gasteiger partial charge in [-0.25, -0.2) is 0 Å². The Hall–Kier alpha value is -0.930. The van der Waals surface area contributed by atoms with Gasteiger partial charge in [0.25, 0.3) is 0 Å². The van der Waals surface area contributed by atoms with E-state index in [1.54, 1.807) is 6.20 Å². The maximum Gasteiger partial charge on any atom is 0.0600 e. The van der Waals surface area contributed by atoms with Crippen molar-refractivity contribution < 1.29 is 4.74 Å². The molecule has 1 rings (SSSR count). The second kappa shape index (κ2) is 5.73. The molecular weight excluding hydrogens is 176 g/mol. The Bertz CT molecular complexity index is 276. The van der Waals surface area contributed by atoms with Gasteiger partial charge in [-0.05, 0) is 31.9 Å². The number of aromatic nitrogens is 1. The fraction of sp³-hybridized carbons (Fsp3) is 0.545. The third kappa shape index (κ3) is 3.09. The molecule has 0 aliphatic rings. The van der Waals surface area contributed by atoms with Crippen LogP contribution in [-0.2, 0) is 4.74 Å². The zero-order valence-corrected chi connectivity index (χ0v) is 8.86. The minimum Gasteiger partial charge on any atom is -0.382 e. The van der Waals surface area contributed by atoms with Crippen LogP contribution in [0.1, 0.15) is 30.6 Å². The molecule has 1 aromatic heterocycles. The molecule has 0 fully saturated rings. The molecule has 2 N–H and O–H groups in total. The molecule has 0 saturated carbocycles. The number of ether oxygens (including phenoxy) is 1. The van der Waals surface area contributed by atoms with Gasteiger partial charge in [-0.15, -0.1) is 0 Å². The van der Waals surface area contributed by atoms with Gasteiger partial charge in [0.15, 0.2) is 0 Å². The van der Waals surface area contributed by atoms with Crippen molar-refractivity contribution in [1.82, 2.24) is 4.98 Å². The van der Waals surface area contributed by atoms with Crippen LogP contribution in [0.5, 0.6) is 0 Å². The summed E-state index contributed by atoms with van der Waals surface area (Å²) >= 11 is 0. The first-order valence-electron chi connectivity index (χ1n) is 5.00. The Labute approximate surface area is 85.3 Å². The number of pyridine rings is 1. The molecule has 1 atom stereocenters. The van der Waals surface area contributed by atoms with Crippen molar-refractivity contribution >= 4 is 0 Å². The summed E-state index contributed by atoms with van der Waals surface area (Å²) in [5.41, 5.74) is 8.12. The van der Waals surface area contributed by atoms with E-state index >= 15 is 0 Å². The second-order valence-corrected chi connectivity index (χ2v) is 3.30. The lowest BCUT2D eigenvalue weighted by molar-refractivity contribution is 0.139. The van der Waals surface area contributed by atoms with Crippen molar-refractivity contribution in [3.8, 4) is 0 Å². The number of hydrogen-bond acceptors (Lipinski definition) is 3. The topological polar surface area (TPSA) is 48.1 Å².